The van der Waals surface area contributed by atoms with Gasteiger partial charge < -0.3 is 5.32 Å². The summed E-state index contributed by atoms with van der Waals surface area (Å²) in [4.78, 5) is 28.6. The standard InChI is InChI=1S/C19H16N4O2S/c1-13(22-23-18(24)16-5-2-3-11-20-16)14-7-9-15(10-8-14)21-19(25)17-6-4-12-26-17/h2-12H,1H3,(H,21,25)(H,23,24)/b22-13+. The van der Waals surface area contributed by atoms with Gasteiger partial charge >= 0.3 is 0 Å². The molecule has 0 radical (unpaired) electrons. The summed E-state index contributed by atoms with van der Waals surface area (Å²) in [5.41, 5.74) is 4.95. The maximum absolute atomic E-state index is 12.0. The van der Waals surface area contributed by atoms with Crippen LogP contribution in [-0.4, -0.2) is 22.5 Å². The Hall–Kier alpha value is -3.32. The molecule has 2 N–H and O–H groups in total. The Bertz CT molecular complexity index is 920. The molecule has 1 aromatic carbocycles. The van der Waals surface area contributed by atoms with Crippen molar-refractivity contribution in [3.8, 4) is 0 Å². The Morgan fingerprint density at radius 1 is 1.00 bits per heavy atom. The zero-order chi connectivity index (χ0) is 18.4. The van der Waals surface area contributed by atoms with Gasteiger partial charge in [-0.2, -0.15) is 5.10 Å². The SMILES string of the molecule is C/C(=N\NC(=O)c1ccccn1)c1ccc(NC(=O)c2cccs2)cc1. The molecule has 0 bridgehead atoms. The van der Waals surface area contributed by atoms with Gasteiger partial charge in [-0.25, -0.2) is 5.43 Å². The van der Waals surface area contributed by atoms with Gasteiger partial charge in [0.1, 0.15) is 5.69 Å². The highest BCUT2D eigenvalue weighted by atomic mass is 32.1. The molecule has 6 nitrogen and oxygen atoms in total. The minimum Gasteiger partial charge on any atom is -0.321 e. The number of pyridine rings is 1. The number of hydrogen-bond donors (Lipinski definition) is 2. The van der Waals surface area contributed by atoms with E-state index in [9.17, 15) is 9.59 Å². The van der Waals surface area contributed by atoms with Crippen molar-refractivity contribution < 1.29 is 9.59 Å². The number of carbonyl (C=O) groups is 2. The molecular formula is C19H16N4O2S. The summed E-state index contributed by atoms with van der Waals surface area (Å²) in [6.45, 7) is 1.79. The van der Waals surface area contributed by atoms with Gasteiger partial charge in [0.05, 0.1) is 10.6 Å². The van der Waals surface area contributed by atoms with Crippen LogP contribution in [0.1, 0.15) is 32.6 Å². The monoisotopic (exact) mass is 364 g/mol. The first-order chi connectivity index (χ1) is 12.6. The molecule has 3 rings (SSSR count). The maximum Gasteiger partial charge on any atom is 0.289 e. The highest BCUT2D eigenvalue weighted by Crippen LogP contribution is 2.14. The highest BCUT2D eigenvalue weighted by Gasteiger charge is 2.08. The minimum absolute atomic E-state index is 0.138. The molecule has 0 saturated heterocycles. The molecule has 130 valence electrons. The van der Waals surface area contributed by atoms with Gasteiger partial charge in [-0.15, -0.1) is 11.3 Å². The summed E-state index contributed by atoms with van der Waals surface area (Å²) in [6, 6.07) is 15.9. The van der Waals surface area contributed by atoms with Crippen molar-refractivity contribution in [2.75, 3.05) is 5.32 Å². The number of amides is 2. The zero-order valence-corrected chi connectivity index (χ0v) is 14.8. The van der Waals surface area contributed by atoms with Crippen molar-refractivity contribution in [1.29, 1.82) is 0 Å². The zero-order valence-electron chi connectivity index (χ0n) is 14.0. The van der Waals surface area contributed by atoms with E-state index in [1.165, 1.54) is 11.3 Å². The molecule has 2 amide bonds. The van der Waals surface area contributed by atoms with Gasteiger partial charge in [0, 0.05) is 11.9 Å². The number of aromatic nitrogens is 1. The van der Waals surface area contributed by atoms with Crippen LogP contribution < -0.4 is 10.7 Å². The number of nitrogens with one attached hydrogen (secondary N) is 2. The normalized spacial score (nSPS) is 11.0. The Morgan fingerprint density at radius 2 is 1.81 bits per heavy atom. The lowest BCUT2D eigenvalue weighted by Crippen LogP contribution is -2.20. The third-order valence-corrected chi connectivity index (χ3v) is 4.40. The summed E-state index contributed by atoms with van der Waals surface area (Å²) in [5.74, 6) is -0.509. The highest BCUT2D eigenvalue weighted by molar-refractivity contribution is 7.12. The van der Waals surface area contributed by atoms with Crippen molar-refractivity contribution >= 4 is 34.6 Å². The third-order valence-electron chi connectivity index (χ3n) is 3.53. The van der Waals surface area contributed by atoms with Crippen LogP contribution in [0.25, 0.3) is 0 Å². The van der Waals surface area contributed by atoms with E-state index in [1.54, 1.807) is 49.5 Å². The van der Waals surface area contributed by atoms with Gasteiger partial charge in [0.15, 0.2) is 0 Å². The predicted molar refractivity (Wildman–Crippen MR) is 103 cm³/mol. The second-order valence-electron chi connectivity index (χ2n) is 5.36. The van der Waals surface area contributed by atoms with E-state index in [1.807, 2.05) is 23.6 Å². The number of hydrazone groups is 1. The summed E-state index contributed by atoms with van der Waals surface area (Å²) >= 11 is 1.39. The molecule has 0 saturated carbocycles. The van der Waals surface area contributed by atoms with Gasteiger partial charge in [-0.05, 0) is 48.2 Å². The van der Waals surface area contributed by atoms with E-state index in [-0.39, 0.29) is 11.8 Å². The number of benzene rings is 1. The lowest BCUT2D eigenvalue weighted by molar-refractivity contribution is 0.0949. The number of hydrogen-bond acceptors (Lipinski definition) is 5. The van der Waals surface area contributed by atoms with Crippen LogP contribution in [0.4, 0.5) is 5.69 Å². The first-order valence-electron chi connectivity index (χ1n) is 7.84. The Balaban J connectivity index is 1.62. The number of nitrogens with zero attached hydrogens (tertiary/aromatic N) is 2. The largest absolute Gasteiger partial charge is 0.321 e. The van der Waals surface area contributed by atoms with Crippen molar-refractivity contribution in [2.24, 2.45) is 5.10 Å². The van der Waals surface area contributed by atoms with Crippen LogP contribution in [0, 0.1) is 0 Å². The molecule has 0 atom stereocenters. The van der Waals surface area contributed by atoms with E-state index in [0.717, 1.165) is 5.56 Å². The van der Waals surface area contributed by atoms with Gasteiger partial charge in [-0.1, -0.05) is 24.3 Å². The molecule has 2 aromatic heterocycles. The topological polar surface area (TPSA) is 83.4 Å². The second kappa shape index (κ2) is 8.17. The van der Waals surface area contributed by atoms with E-state index < -0.39 is 0 Å². The summed E-state index contributed by atoms with van der Waals surface area (Å²) < 4.78 is 0. The van der Waals surface area contributed by atoms with E-state index in [2.05, 4.69) is 20.8 Å². The molecule has 0 fully saturated rings. The molecular weight excluding hydrogens is 348 g/mol. The quantitative estimate of drug-likeness (QED) is 0.536. The fourth-order valence-corrected chi connectivity index (χ4v) is 2.77. The number of carbonyl (C=O) groups excluding carboxylic acids is 2. The summed E-state index contributed by atoms with van der Waals surface area (Å²) in [5, 5.41) is 8.79. The molecule has 0 aliphatic heterocycles. The molecule has 26 heavy (non-hydrogen) atoms. The van der Waals surface area contributed by atoms with Crippen LogP contribution in [0.5, 0.6) is 0 Å². The van der Waals surface area contributed by atoms with Crippen molar-refractivity contribution in [2.45, 2.75) is 6.92 Å². The van der Waals surface area contributed by atoms with Gasteiger partial charge in [-0.3, -0.25) is 14.6 Å². The predicted octanol–water partition coefficient (Wildman–Crippen LogP) is 3.55. The fraction of sp³-hybridized carbons (Fsp3) is 0.0526. The first-order valence-corrected chi connectivity index (χ1v) is 8.72. The Labute approximate surface area is 154 Å². The van der Waals surface area contributed by atoms with Crippen molar-refractivity contribution in [3.05, 3.63) is 82.3 Å². The van der Waals surface area contributed by atoms with Gasteiger partial charge in [0.2, 0.25) is 0 Å². The van der Waals surface area contributed by atoms with Crippen LogP contribution in [-0.2, 0) is 0 Å². The molecule has 2 heterocycles. The van der Waals surface area contributed by atoms with Crippen LogP contribution in [0.3, 0.4) is 0 Å². The van der Waals surface area contributed by atoms with Crippen LogP contribution >= 0.6 is 11.3 Å². The molecule has 3 aromatic rings. The number of rotatable bonds is 5. The smallest absolute Gasteiger partial charge is 0.289 e. The van der Waals surface area contributed by atoms with Crippen LogP contribution in [0.2, 0.25) is 0 Å². The molecule has 0 aliphatic rings. The summed E-state index contributed by atoms with van der Waals surface area (Å²) in [7, 11) is 0. The maximum atomic E-state index is 12.0. The van der Waals surface area contributed by atoms with Crippen LogP contribution in [0.15, 0.2) is 71.3 Å². The number of thiophene rings is 1. The van der Waals surface area contributed by atoms with E-state index in [4.69, 9.17) is 0 Å². The lowest BCUT2D eigenvalue weighted by atomic mass is 10.1. The molecule has 0 spiro atoms. The fourth-order valence-electron chi connectivity index (χ4n) is 2.15. The van der Waals surface area contributed by atoms with E-state index in [0.29, 0.717) is 22.0 Å². The third kappa shape index (κ3) is 4.40. The Morgan fingerprint density at radius 3 is 2.46 bits per heavy atom. The van der Waals surface area contributed by atoms with Gasteiger partial charge in [0.25, 0.3) is 11.8 Å². The molecule has 0 unspecified atom stereocenters. The first kappa shape index (κ1) is 17.5. The minimum atomic E-state index is -0.371. The second-order valence-corrected chi connectivity index (χ2v) is 6.31. The molecule has 0 aliphatic carbocycles. The van der Waals surface area contributed by atoms with E-state index >= 15 is 0 Å². The van der Waals surface area contributed by atoms with Crippen molar-refractivity contribution in [3.63, 3.8) is 0 Å². The summed E-state index contributed by atoms with van der Waals surface area (Å²) in [6.07, 6.45) is 1.55. The lowest BCUT2D eigenvalue weighted by Gasteiger charge is -2.06. The van der Waals surface area contributed by atoms with Crippen molar-refractivity contribution in [1.82, 2.24) is 10.4 Å². The Kier molecular flexibility index (Phi) is 5.50. The average molecular weight is 364 g/mol. The number of anilines is 1. The average Bonchev–Trinajstić information content (AvgIpc) is 3.22. The molecule has 7 heteroatoms.